The Kier molecular flexibility index (Phi) is 4.43. The zero-order chi connectivity index (χ0) is 15.6. The maximum Gasteiger partial charge on any atom is 0.273 e. The first-order valence-electron chi connectivity index (χ1n) is 6.81. The highest BCUT2D eigenvalue weighted by atomic mass is 32.2. The molecule has 0 spiro atoms. The minimum absolute atomic E-state index is 0.0687. The van der Waals surface area contributed by atoms with Crippen molar-refractivity contribution in [3.8, 4) is 0 Å². The number of sulfonamides is 1. The Hall–Kier alpha value is -1.73. The predicted molar refractivity (Wildman–Crippen MR) is 80.4 cm³/mol. The van der Waals surface area contributed by atoms with Gasteiger partial charge in [-0.05, 0) is 32.8 Å². The number of aryl methyl sites for hydroxylation is 3. The molecule has 0 bridgehead atoms. The van der Waals surface area contributed by atoms with Crippen molar-refractivity contribution in [3.63, 3.8) is 0 Å². The monoisotopic (exact) mass is 308 g/mol. The Labute approximate surface area is 125 Å². The maximum atomic E-state index is 11.5. The highest BCUT2D eigenvalue weighted by molar-refractivity contribution is 7.89. The van der Waals surface area contributed by atoms with Crippen LogP contribution in [0.1, 0.15) is 36.8 Å². The molecular formula is C14H20N4O2S. The molecule has 0 aliphatic rings. The van der Waals surface area contributed by atoms with Crippen LogP contribution in [-0.2, 0) is 22.9 Å². The first-order chi connectivity index (χ1) is 9.79. The fourth-order valence-corrected chi connectivity index (χ4v) is 3.06. The van der Waals surface area contributed by atoms with Crippen LogP contribution < -0.4 is 5.14 Å². The van der Waals surface area contributed by atoms with Crippen LogP contribution in [0.25, 0.3) is 0 Å². The van der Waals surface area contributed by atoms with Crippen molar-refractivity contribution < 1.29 is 8.42 Å². The largest absolute Gasteiger partial charge is 0.298 e. The van der Waals surface area contributed by atoms with Crippen LogP contribution in [0, 0.1) is 6.92 Å². The van der Waals surface area contributed by atoms with Gasteiger partial charge in [-0.25, -0.2) is 13.6 Å². The SMILES string of the molecule is Cc1cccc(CCc2nnc(S(N)(=O)=O)n2C(C)C)c1. The van der Waals surface area contributed by atoms with Gasteiger partial charge in [0, 0.05) is 12.5 Å². The van der Waals surface area contributed by atoms with Crippen LogP contribution in [0.2, 0.25) is 0 Å². The van der Waals surface area contributed by atoms with Crippen molar-refractivity contribution in [1.82, 2.24) is 14.8 Å². The quantitative estimate of drug-likeness (QED) is 0.908. The highest BCUT2D eigenvalue weighted by Crippen LogP contribution is 2.16. The molecule has 0 atom stereocenters. The fraction of sp³-hybridized carbons (Fsp3) is 0.429. The third kappa shape index (κ3) is 3.68. The summed E-state index contributed by atoms with van der Waals surface area (Å²) >= 11 is 0. The van der Waals surface area contributed by atoms with Crippen molar-refractivity contribution in [2.75, 3.05) is 0 Å². The van der Waals surface area contributed by atoms with E-state index in [0.29, 0.717) is 12.2 Å². The summed E-state index contributed by atoms with van der Waals surface area (Å²) in [7, 11) is -3.86. The van der Waals surface area contributed by atoms with Gasteiger partial charge in [0.25, 0.3) is 15.2 Å². The molecule has 2 aromatic rings. The van der Waals surface area contributed by atoms with Crippen molar-refractivity contribution in [3.05, 3.63) is 41.2 Å². The second-order valence-electron chi connectivity index (χ2n) is 5.40. The number of hydrogen-bond acceptors (Lipinski definition) is 4. The molecule has 1 aromatic heterocycles. The molecule has 0 radical (unpaired) electrons. The van der Waals surface area contributed by atoms with E-state index in [9.17, 15) is 8.42 Å². The van der Waals surface area contributed by atoms with Gasteiger partial charge in [0.15, 0.2) is 0 Å². The molecule has 0 saturated carbocycles. The zero-order valence-corrected chi connectivity index (χ0v) is 13.3. The first-order valence-corrected chi connectivity index (χ1v) is 8.36. The normalized spacial score (nSPS) is 12.0. The molecule has 0 unspecified atom stereocenters. The summed E-state index contributed by atoms with van der Waals surface area (Å²) in [5, 5.41) is 12.7. The standard InChI is InChI=1S/C14H20N4O2S/c1-10(2)18-13(16-17-14(18)21(15,19)20)8-7-12-6-4-5-11(3)9-12/h4-6,9-10H,7-8H2,1-3H3,(H2,15,19,20). The summed E-state index contributed by atoms with van der Waals surface area (Å²) in [6, 6.07) is 8.13. The summed E-state index contributed by atoms with van der Waals surface area (Å²) in [4.78, 5) is 0. The van der Waals surface area contributed by atoms with Crippen LogP contribution in [0.15, 0.2) is 29.4 Å². The Balaban J connectivity index is 2.27. The van der Waals surface area contributed by atoms with Gasteiger partial charge in [-0.2, -0.15) is 0 Å². The van der Waals surface area contributed by atoms with Crippen LogP contribution in [0.4, 0.5) is 0 Å². The number of rotatable bonds is 5. The van der Waals surface area contributed by atoms with Crippen LogP contribution in [0.3, 0.4) is 0 Å². The van der Waals surface area contributed by atoms with Crippen LogP contribution in [0.5, 0.6) is 0 Å². The van der Waals surface area contributed by atoms with Gasteiger partial charge in [0.1, 0.15) is 5.82 Å². The molecule has 0 aliphatic heterocycles. The summed E-state index contributed by atoms with van der Waals surface area (Å²) in [6.45, 7) is 5.81. The molecule has 1 heterocycles. The van der Waals surface area contributed by atoms with Crippen molar-refractivity contribution >= 4 is 10.0 Å². The van der Waals surface area contributed by atoms with Gasteiger partial charge in [-0.3, -0.25) is 4.57 Å². The smallest absolute Gasteiger partial charge is 0.273 e. The number of aromatic nitrogens is 3. The molecule has 2 rings (SSSR count). The van der Waals surface area contributed by atoms with Gasteiger partial charge >= 0.3 is 0 Å². The second kappa shape index (κ2) is 5.95. The van der Waals surface area contributed by atoms with Crippen LogP contribution >= 0.6 is 0 Å². The molecule has 6 nitrogen and oxygen atoms in total. The van der Waals surface area contributed by atoms with Crippen LogP contribution in [-0.4, -0.2) is 23.2 Å². The summed E-state index contributed by atoms with van der Waals surface area (Å²) in [6.07, 6.45) is 1.39. The van der Waals surface area contributed by atoms with E-state index in [-0.39, 0.29) is 11.2 Å². The molecule has 7 heteroatoms. The molecule has 0 saturated heterocycles. The predicted octanol–water partition coefficient (Wildman–Crippen LogP) is 1.60. The Morgan fingerprint density at radius 2 is 1.95 bits per heavy atom. The molecule has 114 valence electrons. The van der Waals surface area contributed by atoms with Gasteiger partial charge in [-0.1, -0.05) is 29.8 Å². The van der Waals surface area contributed by atoms with E-state index < -0.39 is 10.0 Å². The number of primary sulfonamides is 1. The average Bonchev–Trinajstić information content (AvgIpc) is 2.80. The molecule has 21 heavy (non-hydrogen) atoms. The number of benzene rings is 1. The van der Waals surface area contributed by atoms with Crippen molar-refractivity contribution in [1.29, 1.82) is 0 Å². The Morgan fingerprint density at radius 1 is 1.24 bits per heavy atom. The van der Waals surface area contributed by atoms with E-state index in [4.69, 9.17) is 5.14 Å². The van der Waals surface area contributed by atoms with Crippen molar-refractivity contribution in [2.24, 2.45) is 5.14 Å². The summed E-state index contributed by atoms with van der Waals surface area (Å²) < 4.78 is 24.7. The maximum absolute atomic E-state index is 11.5. The van der Waals surface area contributed by atoms with E-state index in [1.807, 2.05) is 39.0 Å². The lowest BCUT2D eigenvalue weighted by molar-refractivity contribution is 0.503. The van der Waals surface area contributed by atoms with Gasteiger partial charge < -0.3 is 0 Å². The summed E-state index contributed by atoms with van der Waals surface area (Å²) in [5.74, 6) is 0.635. The Morgan fingerprint density at radius 3 is 2.52 bits per heavy atom. The number of nitrogens with zero attached hydrogens (tertiary/aromatic N) is 3. The summed E-state index contributed by atoms with van der Waals surface area (Å²) in [5.41, 5.74) is 2.38. The van der Waals surface area contributed by atoms with E-state index in [0.717, 1.165) is 6.42 Å². The minimum atomic E-state index is -3.86. The lowest BCUT2D eigenvalue weighted by atomic mass is 10.1. The van der Waals surface area contributed by atoms with E-state index >= 15 is 0 Å². The third-order valence-corrected chi connectivity index (χ3v) is 4.01. The van der Waals surface area contributed by atoms with Gasteiger partial charge in [0.05, 0.1) is 0 Å². The van der Waals surface area contributed by atoms with Crippen molar-refractivity contribution in [2.45, 2.75) is 44.8 Å². The zero-order valence-electron chi connectivity index (χ0n) is 12.4. The number of hydrogen-bond donors (Lipinski definition) is 1. The minimum Gasteiger partial charge on any atom is -0.298 e. The Bertz CT molecular complexity index is 735. The molecule has 2 N–H and O–H groups in total. The molecule has 0 amide bonds. The molecule has 1 aromatic carbocycles. The molecule has 0 aliphatic carbocycles. The fourth-order valence-electron chi connectivity index (χ4n) is 2.31. The first kappa shape index (κ1) is 15.7. The lowest BCUT2D eigenvalue weighted by Gasteiger charge is -2.12. The van der Waals surface area contributed by atoms with Gasteiger partial charge in [0.2, 0.25) is 0 Å². The number of nitrogens with two attached hydrogens (primary N) is 1. The second-order valence-corrected chi connectivity index (χ2v) is 6.85. The molecule has 0 fully saturated rings. The van der Waals surface area contributed by atoms with Gasteiger partial charge in [-0.15, -0.1) is 10.2 Å². The lowest BCUT2D eigenvalue weighted by Crippen LogP contribution is -2.20. The van der Waals surface area contributed by atoms with E-state index in [1.54, 1.807) is 4.57 Å². The molecular weight excluding hydrogens is 288 g/mol. The highest BCUT2D eigenvalue weighted by Gasteiger charge is 2.22. The topological polar surface area (TPSA) is 90.9 Å². The third-order valence-electron chi connectivity index (χ3n) is 3.23. The van der Waals surface area contributed by atoms with E-state index in [2.05, 4.69) is 16.3 Å². The average molecular weight is 308 g/mol. The van der Waals surface area contributed by atoms with E-state index in [1.165, 1.54) is 11.1 Å².